The topological polar surface area (TPSA) is 30.5 Å². The fraction of sp³-hybridized carbons (Fsp3) is 0.647. The van der Waals surface area contributed by atoms with Crippen LogP contribution in [0.15, 0.2) is 18.2 Å². The van der Waals surface area contributed by atoms with Crippen molar-refractivity contribution in [2.45, 2.75) is 43.9 Å². The first kappa shape index (κ1) is 16.5. The van der Waals surface area contributed by atoms with E-state index in [2.05, 4.69) is 36.1 Å². The minimum atomic E-state index is 0.375. The van der Waals surface area contributed by atoms with Gasteiger partial charge in [0.1, 0.15) is 0 Å². The molecule has 0 bridgehead atoms. The Balaban J connectivity index is 2.05. The number of rotatable bonds is 8. The summed E-state index contributed by atoms with van der Waals surface area (Å²) in [5.41, 5.74) is 1.28. The molecule has 1 fully saturated rings. The molecule has 1 aromatic rings. The number of ether oxygens (including phenoxy) is 2. The van der Waals surface area contributed by atoms with Crippen molar-refractivity contribution in [3.8, 4) is 11.5 Å². The number of hydrogen-bond donors (Lipinski definition) is 1. The highest BCUT2D eigenvalue weighted by Crippen LogP contribution is 2.34. The van der Waals surface area contributed by atoms with E-state index in [0.717, 1.165) is 29.0 Å². The molecule has 0 spiro atoms. The van der Waals surface area contributed by atoms with Crippen LogP contribution in [-0.4, -0.2) is 31.8 Å². The van der Waals surface area contributed by atoms with Crippen molar-refractivity contribution in [3.05, 3.63) is 23.8 Å². The van der Waals surface area contributed by atoms with E-state index in [1.807, 2.05) is 6.07 Å². The Bertz CT molecular complexity index is 433. The smallest absolute Gasteiger partial charge is 0.161 e. The number of thioether (sulfide) groups is 1. The molecule has 21 heavy (non-hydrogen) atoms. The summed E-state index contributed by atoms with van der Waals surface area (Å²) in [5, 5.41) is 4.45. The van der Waals surface area contributed by atoms with Crippen LogP contribution in [0.25, 0.3) is 0 Å². The van der Waals surface area contributed by atoms with E-state index in [1.165, 1.54) is 31.2 Å². The zero-order valence-electron chi connectivity index (χ0n) is 13.4. The molecular formula is C17H27NO2S. The quantitative estimate of drug-likeness (QED) is 0.785. The second kappa shape index (κ2) is 8.54. The SMILES string of the molecule is CCNC(CSC1CCCC1)c1ccc(OC)c(OC)c1. The normalized spacial score (nSPS) is 16.9. The van der Waals surface area contributed by atoms with Crippen molar-refractivity contribution in [3.63, 3.8) is 0 Å². The van der Waals surface area contributed by atoms with Crippen molar-refractivity contribution in [1.29, 1.82) is 0 Å². The fourth-order valence-corrected chi connectivity index (χ4v) is 4.32. The molecule has 3 nitrogen and oxygen atoms in total. The molecular weight excluding hydrogens is 282 g/mol. The second-order valence-corrected chi connectivity index (χ2v) is 6.80. The lowest BCUT2D eigenvalue weighted by molar-refractivity contribution is 0.354. The van der Waals surface area contributed by atoms with Crippen LogP contribution in [0.1, 0.15) is 44.2 Å². The van der Waals surface area contributed by atoms with Gasteiger partial charge in [0.2, 0.25) is 0 Å². The molecule has 1 aromatic carbocycles. The van der Waals surface area contributed by atoms with Gasteiger partial charge in [-0.1, -0.05) is 25.8 Å². The number of methoxy groups -OCH3 is 2. The van der Waals surface area contributed by atoms with Crippen LogP contribution in [-0.2, 0) is 0 Å². The van der Waals surface area contributed by atoms with Crippen molar-refractivity contribution in [1.82, 2.24) is 5.32 Å². The maximum Gasteiger partial charge on any atom is 0.161 e. The Labute approximate surface area is 132 Å². The van der Waals surface area contributed by atoms with Crippen LogP contribution in [0, 0.1) is 0 Å². The summed E-state index contributed by atoms with van der Waals surface area (Å²) in [6.07, 6.45) is 5.57. The molecule has 0 saturated heterocycles. The molecule has 1 N–H and O–H groups in total. The van der Waals surface area contributed by atoms with Gasteiger partial charge in [-0.25, -0.2) is 0 Å². The third-order valence-corrected chi connectivity index (χ3v) is 5.53. The van der Waals surface area contributed by atoms with Crippen LogP contribution in [0.2, 0.25) is 0 Å². The molecule has 0 amide bonds. The van der Waals surface area contributed by atoms with Gasteiger partial charge >= 0.3 is 0 Å². The van der Waals surface area contributed by atoms with Crippen molar-refractivity contribution < 1.29 is 9.47 Å². The van der Waals surface area contributed by atoms with E-state index in [0.29, 0.717) is 6.04 Å². The highest BCUT2D eigenvalue weighted by Gasteiger charge is 2.19. The summed E-state index contributed by atoms with van der Waals surface area (Å²) in [7, 11) is 3.37. The summed E-state index contributed by atoms with van der Waals surface area (Å²) >= 11 is 2.12. The lowest BCUT2D eigenvalue weighted by Gasteiger charge is -2.21. The lowest BCUT2D eigenvalue weighted by atomic mass is 10.1. The third-order valence-electron chi connectivity index (χ3n) is 4.06. The van der Waals surface area contributed by atoms with Gasteiger partial charge in [0, 0.05) is 17.0 Å². The molecule has 1 unspecified atom stereocenters. The van der Waals surface area contributed by atoms with E-state index in [9.17, 15) is 0 Å². The summed E-state index contributed by atoms with van der Waals surface area (Å²) < 4.78 is 10.7. The van der Waals surface area contributed by atoms with Gasteiger partial charge in [0.25, 0.3) is 0 Å². The molecule has 118 valence electrons. The predicted octanol–water partition coefficient (Wildman–Crippen LogP) is 4.03. The predicted molar refractivity (Wildman–Crippen MR) is 90.7 cm³/mol. The lowest BCUT2D eigenvalue weighted by Crippen LogP contribution is -2.23. The van der Waals surface area contributed by atoms with E-state index < -0.39 is 0 Å². The molecule has 1 atom stereocenters. The van der Waals surface area contributed by atoms with Gasteiger partial charge in [-0.05, 0) is 37.1 Å². The number of hydrogen-bond acceptors (Lipinski definition) is 4. The zero-order chi connectivity index (χ0) is 15.1. The van der Waals surface area contributed by atoms with Gasteiger partial charge in [-0.15, -0.1) is 0 Å². The van der Waals surface area contributed by atoms with Crippen LogP contribution in [0.5, 0.6) is 11.5 Å². The first-order chi connectivity index (χ1) is 10.3. The molecule has 0 aliphatic heterocycles. The minimum Gasteiger partial charge on any atom is -0.493 e. The van der Waals surface area contributed by atoms with Crippen LogP contribution < -0.4 is 14.8 Å². The first-order valence-corrected chi connectivity index (χ1v) is 8.90. The summed E-state index contributed by atoms with van der Waals surface area (Å²) in [5.74, 6) is 2.72. The number of nitrogens with one attached hydrogen (secondary N) is 1. The minimum absolute atomic E-state index is 0.375. The number of benzene rings is 1. The van der Waals surface area contributed by atoms with Gasteiger partial charge in [0.05, 0.1) is 14.2 Å². The summed E-state index contributed by atoms with van der Waals surface area (Å²) in [6.45, 7) is 3.14. The Kier molecular flexibility index (Phi) is 6.71. The molecule has 1 aliphatic carbocycles. The van der Waals surface area contributed by atoms with Crippen LogP contribution in [0.4, 0.5) is 0 Å². The van der Waals surface area contributed by atoms with E-state index >= 15 is 0 Å². The molecule has 0 heterocycles. The fourth-order valence-electron chi connectivity index (χ4n) is 2.88. The molecule has 1 aliphatic rings. The molecule has 1 saturated carbocycles. The highest BCUT2D eigenvalue weighted by atomic mass is 32.2. The molecule has 0 aromatic heterocycles. The largest absolute Gasteiger partial charge is 0.493 e. The van der Waals surface area contributed by atoms with Gasteiger partial charge < -0.3 is 14.8 Å². The maximum atomic E-state index is 5.42. The van der Waals surface area contributed by atoms with Crippen molar-refractivity contribution in [2.24, 2.45) is 0 Å². The molecule has 0 radical (unpaired) electrons. The average molecular weight is 309 g/mol. The van der Waals surface area contributed by atoms with Crippen LogP contribution in [0.3, 0.4) is 0 Å². The highest BCUT2D eigenvalue weighted by molar-refractivity contribution is 7.99. The van der Waals surface area contributed by atoms with Crippen molar-refractivity contribution >= 4 is 11.8 Å². The van der Waals surface area contributed by atoms with Gasteiger partial charge in [-0.3, -0.25) is 0 Å². The Hall–Kier alpha value is -0.870. The van der Waals surface area contributed by atoms with Gasteiger partial charge in [0.15, 0.2) is 11.5 Å². The average Bonchev–Trinajstić information content (AvgIpc) is 3.04. The first-order valence-electron chi connectivity index (χ1n) is 7.85. The second-order valence-electron chi connectivity index (χ2n) is 5.46. The Morgan fingerprint density at radius 3 is 2.52 bits per heavy atom. The summed E-state index contributed by atoms with van der Waals surface area (Å²) in [6, 6.07) is 6.62. The third kappa shape index (κ3) is 4.55. The van der Waals surface area contributed by atoms with Gasteiger partial charge in [-0.2, -0.15) is 11.8 Å². The maximum absolute atomic E-state index is 5.42. The monoisotopic (exact) mass is 309 g/mol. The van der Waals surface area contributed by atoms with E-state index in [1.54, 1.807) is 14.2 Å². The van der Waals surface area contributed by atoms with E-state index in [-0.39, 0.29) is 0 Å². The molecule has 2 rings (SSSR count). The van der Waals surface area contributed by atoms with Crippen molar-refractivity contribution in [2.75, 3.05) is 26.5 Å². The van der Waals surface area contributed by atoms with E-state index in [4.69, 9.17) is 9.47 Å². The Morgan fingerprint density at radius 1 is 1.19 bits per heavy atom. The Morgan fingerprint density at radius 2 is 1.90 bits per heavy atom. The molecule has 4 heteroatoms. The van der Waals surface area contributed by atoms with Crippen LogP contribution >= 0.6 is 11.8 Å². The zero-order valence-corrected chi connectivity index (χ0v) is 14.2. The standard InChI is InChI=1S/C17H27NO2S/c1-4-18-15(12-21-14-7-5-6-8-14)13-9-10-16(19-2)17(11-13)20-3/h9-11,14-15,18H,4-8,12H2,1-3H3. The summed E-state index contributed by atoms with van der Waals surface area (Å²) in [4.78, 5) is 0.